The lowest BCUT2D eigenvalue weighted by Crippen LogP contribution is -2.29. The number of nitrogens with zero attached hydrogens (tertiary/aromatic N) is 1. The predicted molar refractivity (Wildman–Crippen MR) is 87.1 cm³/mol. The molecule has 3 nitrogen and oxygen atoms in total. The molecule has 1 aromatic rings. The fourth-order valence-corrected chi connectivity index (χ4v) is 2.45. The van der Waals surface area contributed by atoms with E-state index in [1.165, 1.54) is 11.1 Å². The van der Waals surface area contributed by atoms with Crippen LogP contribution in [0.4, 0.5) is 0 Å². The Morgan fingerprint density at radius 1 is 1.24 bits per heavy atom. The van der Waals surface area contributed by atoms with Crippen molar-refractivity contribution in [2.75, 3.05) is 19.8 Å². The monoisotopic (exact) mass is 289 g/mol. The second-order valence-electron chi connectivity index (χ2n) is 6.79. The second-order valence-corrected chi connectivity index (χ2v) is 6.79. The van der Waals surface area contributed by atoms with Crippen molar-refractivity contribution >= 4 is 5.90 Å². The Balaban J connectivity index is 2.10. The third-order valence-electron chi connectivity index (χ3n) is 3.92. The van der Waals surface area contributed by atoms with Crippen LogP contribution < -0.4 is 0 Å². The van der Waals surface area contributed by atoms with Gasteiger partial charge in [0.15, 0.2) is 5.90 Å². The maximum Gasteiger partial charge on any atom is 0.194 e. The summed E-state index contributed by atoms with van der Waals surface area (Å²) in [6.45, 7) is 12.8. The largest absolute Gasteiger partial charge is 0.478 e. The van der Waals surface area contributed by atoms with E-state index in [4.69, 9.17) is 14.5 Å². The van der Waals surface area contributed by atoms with Gasteiger partial charge < -0.3 is 9.47 Å². The van der Waals surface area contributed by atoms with E-state index in [0.29, 0.717) is 6.61 Å². The molecule has 0 spiro atoms. The second kappa shape index (κ2) is 6.18. The molecular formula is C18H27NO2. The van der Waals surface area contributed by atoms with Crippen LogP contribution in [0.25, 0.3) is 0 Å². The Kier molecular flexibility index (Phi) is 4.72. The van der Waals surface area contributed by atoms with E-state index in [0.717, 1.165) is 25.5 Å². The highest BCUT2D eigenvalue weighted by Crippen LogP contribution is 2.31. The van der Waals surface area contributed by atoms with Crippen LogP contribution in [0.15, 0.2) is 29.3 Å². The highest BCUT2D eigenvalue weighted by atomic mass is 16.5. The fourth-order valence-electron chi connectivity index (χ4n) is 2.45. The zero-order valence-electron chi connectivity index (χ0n) is 13.9. The molecule has 2 rings (SSSR count). The van der Waals surface area contributed by atoms with Crippen molar-refractivity contribution in [1.82, 2.24) is 0 Å². The summed E-state index contributed by atoms with van der Waals surface area (Å²) in [5.41, 5.74) is 2.24. The Hall–Kier alpha value is -1.35. The maximum atomic E-state index is 5.83. The molecule has 0 atom stereocenters. The smallest absolute Gasteiger partial charge is 0.194 e. The Labute approximate surface area is 128 Å². The molecule has 0 aromatic heterocycles. The number of aliphatic imine (C=N–C) groups is 1. The molecule has 1 aliphatic rings. The molecule has 0 fully saturated rings. The van der Waals surface area contributed by atoms with Crippen LogP contribution in [-0.2, 0) is 21.3 Å². The van der Waals surface area contributed by atoms with Crippen LogP contribution >= 0.6 is 0 Å². The summed E-state index contributed by atoms with van der Waals surface area (Å²) in [6.07, 6.45) is 0.957. The standard InChI is InChI=1S/C18H27NO2/c1-6-20-12-11-14-7-9-15(10-8-14)18(4,5)16-19-17(2,3)13-21-16/h7-10H,6,11-13H2,1-5H3. The van der Waals surface area contributed by atoms with E-state index in [2.05, 4.69) is 52.0 Å². The first-order valence-electron chi connectivity index (χ1n) is 7.75. The number of hydrogen-bond donors (Lipinski definition) is 0. The van der Waals surface area contributed by atoms with E-state index in [9.17, 15) is 0 Å². The van der Waals surface area contributed by atoms with Crippen LogP contribution in [0.2, 0.25) is 0 Å². The van der Waals surface area contributed by atoms with Crippen LogP contribution in [0, 0.1) is 0 Å². The molecule has 0 amide bonds. The third kappa shape index (κ3) is 3.85. The minimum atomic E-state index is -0.188. The van der Waals surface area contributed by atoms with Gasteiger partial charge >= 0.3 is 0 Å². The van der Waals surface area contributed by atoms with Gasteiger partial charge in [0.25, 0.3) is 0 Å². The fraction of sp³-hybridized carbons (Fsp3) is 0.611. The first-order valence-corrected chi connectivity index (χ1v) is 7.75. The quantitative estimate of drug-likeness (QED) is 0.747. The third-order valence-corrected chi connectivity index (χ3v) is 3.92. The molecule has 0 saturated heterocycles. The van der Waals surface area contributed by atoms with Crippen molar-refractivity contribution in [3.63, 3.8) is 0 Å². The first kappa shape index (κ1) is 16.0. The van der Waals surface area contributed by atoms with E-state index < -0.39 is 0 Å². The van der Waals surface area contributed by atoms with Crippen molar-refractivity contribution in [3.05, 3.63) is 35.4 Å². The molecule has 0 aliphatic carbocycles. The predicted octanol–water partition coefficient (Wildman–Crippen LogP) is 3.75. The summed E-state index contributed by atoms with van der Waals surface area (Å²) in [4.78, 5) is 4.73. The molecule has 21 heavy (non-hydrogen) atoms. The summed E-state index contributed by atoms with van der Waals surface area (Å²) in [5.74, 6) is 0.842. The van der Waals surface area contributed by atoms with Crippen molar-refractivity contribution in [3.8, 4) is 0 Å². The van der Waals surface area contributed by atoms with Gasteiger partial charge in [-0.3, -0.25) is 0 Å². The van der Waals surface area contributed by atoms with Gasteiger partial charge in [-0.1, -0.05) is 24.3 Å². The molecule has 1 aliphatic heterocycles. The van der Waals surface area contributed by atoms with Crippen molar-refractivity contribution < 1.29 is 9.47 Å². The number of rotatable bonds is 6. The SMILES string of the molecule is CCOCCc1ccc(C(C)(C)C2=NC(C)(C)CO2)cc1. The Bertz CT molecular complexity index is 500. The van der Waals surface area contributed by atoms with Crippen molar-refractivity contribution in [1.29, 1.82) is 0 Å². The van der Waals surface area contributed by atoms with Crippen LogP contribution in [0.1, 0.15) is 45.7 Å². The van der Waals surface area contributed by atoms with Gasteiger partial charge in [-0.25, -0.2) is 4.99 Å². The maximum absolute atomic E-state index is 5.83. The highest BCUT2D eigenvalue weighted by Gasteiger charge is 2.36. The molecule has 3 heteroatoms. The van der Waals surface area contributed by atoms with E-state index in [-0.39, 0.29) is 11.0 Å². The zero-order valence-corrected chi connectivity index (χ0v) is 13.9. The lowest BCUT2D eigenvalue weighted by molar-refractivity contribution is 0.151. The van der Waals surface area contributed by atoms with Crippen LogP contribution in [0.3, 0.4) is 0 Å². The van der Waals surface area contributed by atoms with Gasteiger partial charge in [-0.15, -0.1) is 0 Å². The first-order chi connectivity index (χ1) is 9.85. The molecule has 116 valence electrons. The number of ether oxygens (including phenoxy) is 2. The van der Waals surface area contributed by atoms with Gasteiger partial charge in [0, 0.05) is 6.61 Å². The summed E-state index contributed by atoms with van der Waals surface area (Å²) < 4.78 is 11.2. The molecule has 1 heterocycles. The van der Waals surface area contributed by atoms with E-state index in [1.807, 2.05) is 6.92 Å². The molecule has 0 unspecified atom stereocenters. The van der Waals surface area contributed by atoms with Crippen LogP contribution in [0.5, 0.6) is 0 Å². The summed E-state index contributed by atoms with van der Waals surface area (Å²) in [6, 6.07) is 8.71. The molecular weight excluding hydrogens is 262 g/mol. The number of hydrogen-bond acceptors (Lipinski definition) is 3. The molecule has 0 radical (unpaired) electrons. The highest BCUT2D eigenvalue weighted by molar-refractivity contribution is 5.89. The summed E-state index contributed by atoms with van der Waals surface area (Å²) in [7, 11) is 0. The van der Waals surface area contributed by atoms with Gasteiger partial charge in [0.05, 0.1) is 17.6 Å². The Morgan fingerprint density at radius 3 is 2.43 bits per heavy atom. The average molecular weight is 289 g/mol. The Morgan fingerprint density at radius 2 is 1.90 bits per heavy atom. The van der Waals surface area contributed by atoms with E-state index in [1.54, 1.807) is 0 Å². The van der Waals surface area contributed by atoms with Gasteiger partial charge in [-0.05, 0) is 52.2 Å². The molecule has 0 bridgehead atoms. The zero-order chi connectivity index (χ0) is 15.5. The average Bonchev–Trinajstić information content (AvgIpc) is 2.81. The van der Waals surface area contributed by atoms with Gasteiger partial charge in [0.2, 0.25) is 0 Å². The van der Waals surface area contributed by atoms with Crippen molar-refractivity contribution in [2.45, 2.75) is 52.0 Å². The lowest BCUT2D eigenvalue weighted by atomic mass is 9.84. The number of benzene rings is 1. The normalized spacial score (nSPS) is 17.5. The van der Waals surface area contributed by atoms with E-state index >= 15 is 0 Å². The van der Waals surface area contributed by atoms with Crippen LogP contribution in [-0.4, -0.2) is 31.3 Å². The molecule has 1 aromatic carbocycles. The lowest BCUT2D eigenvalue weighted by Gasteiger charge is -2.24. The summed E-state index contributed by atoms with van der Waals surface area (Å²) >= 11 is 0. The minimum absolute atomic E-state index is 0.107. The van der Waals surface area contributed by atoms with Crippen molar-refractivity contribution in [2.24, 2.45) is 4.99 Å². The molecule has 0 N–H and O–H groups in total. The van der Waals surface area contributed by atoms with Gasteiger partial charge in [-0.2, -0.15) is 0 Å². The molecule has 0 saturated carbocycles. The summed E-state index contributed by atoms with van der Waals surface area (Å²) in [5, 5.41) is 0. The minimum Gasteiger partial charge on any atom is -0.478 e. The topological polar surface area (TPSA) is 30.8 Å². The van der Waals surface area contributed by atoms with Gasteiger partial charge in [0.1, 0.15) is 6.61 Å².